The molecular weight excluding hydrogens is 302 g/mol. The highest BCUT2D eigenvalue weighted by Gasteiger charge is 2.18. The van der Waals surface area contributed by atoms with Gasteiger partial charge < -0.3 is 4.74 Å². The van der Waals surface area contributed by atoms with Crippen molar-refractivity contribution in [1.29, 1.82) is 0 Å². The third-order valence-corrected chi connectivity index (χ3v) is 4.02. The van der Waals surface area contributed by atoms with E-state index < -0.39 is 10.9 Å². The Morgan fingerprint density at radius 1 is 1.27 bits per heavy atom. The van der Waals surface area contributed by atoms with Crippen molar-refractivity contribution < 1.29 is 14.5 Å². The van der Waals surface area contributed by atoms with E-state index in [2.05, 4.69) is 0 Å². The van der Waals surface area contributed by atoms with Gasteiger partial charge in [0.15, 0.2) is 0 Å². The van der Waals surface area contributed by atoms with Crippen LogP contribution in [0.15, 0.2) is 47.4 Å². The van der Waals surface area contributed by atoms with Crippen LogP contribution in [-0.2, 0) is 11.3 Å². The number of hydrogen-bond donors (Lipinski definition) is 0. The number of thioether (sulfide) groups is 1. The topological polar surface area (TPSA) is 69.4 Å². The normalized spacial score (nSPS) is 10.3. The lowest BCUT2D eigenvalue weighted by Crippen LogP contribution is -2.07. The Morgan fingerprint density at radius 3 is 2.64 bits per heavy atom. The molecule has 0 atom stereocenters. The second-order valence-corrected chi connectivity index (χ2v) is 5.49. The van der Waals surface area contributed by atoms with Crippen molar-refractivity contribution in [3.8, 4) is 0 Å². The van der Waals surface area contributed by atoms with E-state index in [1.54, 1.807) is 18.4 Å². The smallest absolute Gasteiger partial charge is 0.338 e. The highest BCUT2D eigenvalue weighted by molar-refractivity contribution is 7.98. The molecule has 0 saturated heterocycles. The third kappa shape index (κ3) is 3.65. The van der Waals surface area contributed by atoms with Gasteiger partial charge in [0, 0.05) is 6.07 Å². The van der Waals surface area contributed by atoms with Gasteiger partial charge >= 0.3 is 5.97 Å². The molecule has 0 bridgehead atoms. The number of rotatable bonds is 5. The van der Waals surface area contributed by atoms with Gasteiger partial charge in [-0.15, -0.1) is 11.8 Å². The summed E-state index contributed by atoms with van der Waals surface area (Å²) in [5.41, 5.74) is 2.03. The highest BCUT2D eigenvalue weighted by atomic mass is 32.2. The van der Waals surface area contributed by atoms with E-state index in [9.17, 15) is 14.9 Å². The summed E-state index contributed by atoms with van der Waals surface area (Å²) >= 11 is 1.26. The average Bonchev–Trinajstić information content (AvgIpc) is 2.53. The van der Waals surface area contributed by atoms with Crippen LogP contribution >= 0.6 is 11.8 Å². The summed E-state index contributed by atoms with van der Waals surface area (Å²) in [5.74, 6) is -0.570. The summed E-state index contributed by atoms with van der Waals surface area (Å²) in [6, 6.07) is 11.9. The van der Waals surface area contributed by atoms with Crippen molar-refractivity contribution >= 4 is 23.4 Å². The number of aryl methyl sites for hydroxylation is 1. The minimum atomic E-state index is -0.570. The fourth-order valence-electron chi connectivity index (χ4n) is 1.96. The molecule has 0 amide bonds. The second-order valence-electron chi connectivity index (χ2n) is 4.65. The summed E-state index contributed by atoms with van der Waals surface area (Å²) in [7, 11) is 0. The molecule has 5 nitrogen and oxygen atoms in total. The SMILES string of the molecule is CSc1ccc(C(=O)OCc2ccccc2C)cc1[N+](=O)[O-]. The zero-order chi connectivity index (χ0) is 16.1. The molecule has 6 heteroatoms. The minimum Gasteiger partial charge on any atom is -0.457 e. The molecule has 2 aromatic carbocycles. The number of nitrogens with zero attached hydrogens (tertiary/aromatic N) is 1. The van der Waals surface area contributed by atoms with E-state index in [4.69, 9.17) is 4.74 Å². The fourth-order valence-corrected chi connectivity index (χ4v) is 2.51. The molecule has 0 unspecified atom stereocenters. The van der Waals surface area contributed by atoms with Crippen LogP contribution in [0, 0.1) is 17.0 Å². The number of ether oxygens (including phenoxy) is 1. The summed E-state index contributed by atoms with van der Waals surface area (Å²) in [6.45, 7) is 2.07. The maximum atomic E-state index is 12.1. The van der Waals surface area contributed by atoms with Crippen molar-refractivity contribution in [3.63, 3.8) is 0 Å². The number of carbonyl (C=O) groups is 1. The van der Waals surface area contributed by atoms with Gasteiger partial charge in [-0.3, -0.25) is 10.1 Å². The molecule has 114 valence electrons. The molecule has 22 heavy (non-hydrogen) atoms. The molecule has 0 aliphatic rings. The molecule has 0 aromatic heterocycles. The molecule has 0 aliphatic carbocycles. The molecule has 2 aromatic rings. The first-order valence-corrected chi connectivity index (χ1v) is 7.79. The Hall–Kier alpha value is -2.34. The Kier molecular flexibility index (Phi) is 5.16. The number of esters is 1. The van der Waals surface area contributed by atoms with Crippen molar-refractivity contribution in [2.75, 3.05) is 6.26 Å². The molecule has 0 spiro atoms. The van der Waals surface area contributed by atoms with E-state index in [0.29, 0.717) is 4.90 Å². The first kappa shape index (κ1) is 16.0. The van der Waals surface area contributed by atoms with Crippen molar-refractivity contribution in [2.45, 2.75) is 18.4 Å². The Morgan fingerprint density at radius 2 is 2.00 bits per heavy atom. The first-order valence-electron chi connectivity index (χ1n) is 6.57. The summed E-state index contributed by atoms with van der Waals surface area (Å²) in [4.78, 5) is 23.1. The van der Waals surface area contributed by atoms with Crippen LogP contribution in [0.4, 0.5) is 5.69 Å². The number of nitro groups is 1. The summed E-state index contributed by atoms with van der Waals surface area (Å²) < 4.78 is 5.23. The Labute approximate surface area is 132 Å². The van der Waals surface area contributed by atoms with Crippen molar-refractivity contribution in [3.05, 3.63) is 69.3 Å². The summed E-state index contributed by atoms with van der Waals surface area (Å²) in [5, 5.41) is 11.0. The lowest BCUT2D eigenvalue weighted by molar-refractivity contribution is -0.387. The van der Waals surface area contributed by atoms with Crippen LogP contribution < -0.4 is 0 Å². The fraction of sp³-hybridized carbons (Fsp3) is 0.188. The highest BCUT2D eigenvalue weighted by Crippen LogP contribution is 2.28. The van der Waals surface area contributed by atoms with E-state index in [1.807, 2.05) is 31.2 Å². The molecule has 0 fully saturated rings. The lowest BCUT2D eigenvalue weighted by Gasteiger charge is -2.08. The number of nitro benzene ring substituents is 1. The Balaban J connectivity index is 2.15. The number of carbonyl (C=O) groups excluding carboxylic acids is 1. The van der Waals surface area contributed by atoms with Gasteiger partial charge in [-0.25, -0.2) is 4.79 Å². The molecule has 0 radical (unpaired) electrons. The van der Waals surface area contributed by atoms with Gasteiger partial charge in [0.25, 0.3) is 5.69 Å². The second kappa shape index (κ2) is 7.09. The van der Waals surface area contributed by atoms with Crippen LogP contribution in [-0.4, -0.2) is 17.1 Å². The molecule has 0 N–H and O–H groups in total. The van der Waals surface area contributed by atoms with Crippen LogP contribution in [0.2, 0.25) is 0 Å². The van der Waals surface area contributed by atoms with Gasteiger partial charge in [0.05, 0.1) is 15.4 Å². The Bertz CT molecular complexity index is 715. The maximum absolute atomic E-state index is 12.1. The van der Waals surface area contributed by atoms with Crippen LogP contribution in [0.3, 0.4) is 0 Å². The van der Waals surface area contributed by atoms with Crippen LogP contribution in [0.5, 0.6) is 0 Å². The zero-order valence-electron chi connectivity index (χ0n) is 12.2. The summed E-state index contributed by atoms with van der Waals surface area (Å²) in [6.07, 6.45) is 1.75. The monoisotopic (exact) mass is 317 g/mol. The molecular formula is C16H15NO4S. The molecule has 0 aliphatic heterocycles. The first-order chi connectivity index (χ1) is 10.5. The van der Waals surface area contributed by atoms with E-state index in [-0.39, 0.29) is 17.9 Å². The van der Waals surface area contributed by atoms with Gasteiger partial charge in [-0.05, 0) is 36.4 Å². The molecule has 2 rings (SSSR count). The third-order valence-electron chi connectivity index (χ3n) is 3.23. The molecule has 0 heterocycles. The van der Waals surface area contributed by atoms with Crippen LogP contribution in [0.25, 0.3) is 0 Å². The lowest BCUT2D eigenvalue weighted by atomic mass is 10.1. The van der Waals surface area contributed by atoms with Crippen LogP contribution in [0.1, 0.15) is 21.5 Å². The van der Waals surface area contributed by atoms with E-state index in [1.165, 1.54) is 17.8 Å². The van der Waals surface area contributed by atoms with Gasteiger partial charge in [0.2, 0.25) is 0 Å². The number of benzene rings is 2. The van der Waals surface area contributed by atoms with Crippen molar-refractivity contribution in [2.24, 2.45) is 0 Å². The van der Waals surface area contributed by atoms with Gasteiger partial charge in [0.1, 0.15) is 6.61 Å². The van der Waals surface area contributed by atoms with Gasteiger partial charge in [-0.1, -0.05) is 24.3 Å². The van der Waals surface area contributed by atoms with E-state index in [0.717, 1.165) is 11.1 Å². The maximum Gasteiger partial charge on any atom is 0.338 e. The van der Waals surface area contributed by atoms with E-state index >= 15 is 0 Å². The predicted molar refractivity (Wildman–Crippen MR) is 85.2 cm³/mol. The van der Waals surface area contributed by atoms with Crippen molar-refractivity contribution in [1.82, 2.24) is 0 Å². The predicted octanol–water partition coefficient (Wildman–Crippen LogP) is 3.98. The number of hydrogen-bond acceptors (Lipinski definition) is 5. The minimum absolute atomic E-state index is 0.0853. The quantitative estimate of drug-likeness (QED) is 0.361. The average molecular weight is 317 g/mol. The zero-order valence-corrected chi connectivity index (χ0v) is 13.1. The largest absolute Gasteiger partial charge is 0.457 e. The van der Waals surface area contributed by atoms with Gasteiger partial charge in [-0.2, -0.15) is 0 Å². The molecule has 0 saturated carbocycles. The standard InChI is InChI=1S/C16H15NO4S/c1-11-5-3-4-6-13(11)10-21-16(18)12-7-8-15(22-2)14(9-12)17(19)20/h3-9H,10H2,1-2H3.